The number of nitriles is 1. The van der Waals surface area contributed by atoms with Gasteiger partial charge in [-0.25, -0.2) is 0 Å². The van der Waals surface area contributed by atoms with Gasteiger partial charge in [-0.3, -0.25) is 0 Å². The van der Waals surface area contributed by atoms with Crippen LogP contribution in [0.2, 0.25) is 5.02 Å². The highest BCUT2D eigenvalue weighted by molar-refractivity contribution is 9.10. The molecule has 0 radical (unpaired) electrons. The predicted molar refractivity (Wildman–Crippen MR) is 82.2 cm³/mol. The van der Waals surface area contributed by atoms with Crippen molar-refractivity contribution in [2.75, 3.05) is 5.32 Å². The SMILES string of the molecule is N#CCc1ccc(NCc2ccc(Cl)c(Br)c2)cc1. The summed E-state index contributed by atoms with van der Waals surface area (Å²) in [5.41, 5.74) is 3.22. The molecule has 2 aromatic carbocycles. The quantitative estimate of drug-likeness (QED) is 0.872. The Bertz CT molecular complexity index is 603. The molecule has 19 heavy (non-hydrogen) atoms. The van der Waals surface area contributed by atoms with Gasteiger partial charge in [-0.15, -0.1) is 0 Å². The van der Waals surface area contributed by atoms with Gasteiger partial charge in [0.05, 0.1) is 17.5 Å². The molecule has 4 heteroatoms. The molecule has 0 unspecified atom stereocenters. The maximum absolute atomic E-state index is 8.61. The van der Waals surface area contributed by atoms with Gasteiger partial charge in [0.25, 0.3) is 0 Å². The van der Waals surface area contributed by atoms with Crippen molar-refractivity contribution in [1.82, 2.24) is 0 Å². The highest BCUT2D eigenvalue weighted by Gasteiger charge is 1.99. The van der Waals surface area contributed by atoms with Crippen LogP contribution in [0.5, 0.6) is 0 Å². The van der Waals surface area contributed by atoms with Crippen LogP contribution >= 0.6 is 27.5 Å². The van der Waals surface area contributed by atoms with Crippen molar-refractivity contribution in [3.05, 3.63) is 63.1 Å². The Hall–Kier alpha value is -1.50. The van der Waals surface area contributed by atoms with Gasteiger partial charge in [0.1, 0.15) is 0 Å². The molecule has 0 heterocycles. The van der Waals surface area contributed by atoms with E-state index in [2.05, 4.69) is 27.3 Å². The highest BCUT2D eigenvalue weighted by Crippen LogP contribution is 2.23. The Labute approximate surface area is 126 Å². The number of nitrogens with zero attached hydrogens (tertiary/aromatic N) is 1. The molecule has 0 aromatic heterocycles. The van der Waals surface area contributed by atoms with Gasteiger partial charge in [0, 0.05) is 16.7 Å². The topological polar surface area (TPSA) is 35.8 Å². The average molecular weight is 336 g/mol. The second kappa shape index (κ2) is 6.60. The molecule has 0 amide bonds. The van der Waals surface area contributed by atoms with Gasteiger partial charge in [0.2, 0.25) is 0 Å². The van der Waals surface area contributed by atoms with Crippen LogP contribution in [0.4, 0.5) is 5.69 Å². The molecule has 0 saturated carbocycles. The van der Waals surface area contributed by atoms with E-state index in [1.807, 2.05) is 42.5 Å². The van der Waals surface area contributed by atoms with Crippen molar-refractivity contribution >= 4 is 33.2 Å². The van der Waals surface area contributed by atoms with Crippen molar-refractivity contribution in [2.24, 2.45) is 0 Å². The van der Waals surface area contributed by atoms with E-state index in [4.69, 9.17) is 16.9 Å². The summed E-state index contributed by atoms with van der Waals surface area (Å²) in [5.74, 6) is 0. The average Bonchev–Trinajstić information content (AvgIpc) is 2.42. The molecule has 2 rings (SSSR count). The number of hydrogen-bond acceptors (Lipinski definition) is 2. The van der Waals surface area contributed by atoms with Crippen molar-refractivity contribution in [1.29, 1.82) is 5.26 Å². The summed E-state index contributed by atoms with van der Waals surface area (Å²) in [5, 5.41) is 12.7. The lowest BCUT2D eigenvalue weighted by atomic mass is 10.1. The van der Waals surface area contributed by atoms with Crippen LogP contribution in [0.1, 0.15) is 11.1 Å². The molecule has 0 fully saturated rings. The summed E-state index contributed by atoms with van der Waals surface area (Å²) in [7, 11) is 0. The van der Waals surface area contributed by atoms with Gasteiger partial charge < -0.3 is 5.32 Å². The Balaban J connectivity index is 1.98. The first-order valence-corrected chi connectivity index (χ1v) is 7.00. The van der Waals surface area contributed by atoms with Gasteiger partial charge in [-0.05, 0) is 51.3 Å². The van der Waals surface area contributed by atoms with Crippen LogP contribution in [0.15, 0.2) is 46.9 Å². The van der Waals surface area contributed by atoms with E-state index >= 15 is 0 Å². The molecule has 2 aromatic rings. The zero-order valence-electron chi connectivity index (χ0n) is 10.2. The molecule has 0 aliphatic heterocycles. The smallest absolute Gasteiger partial charge is 0.0669 e. The first-order valence-electron chi connectivity index (χ1n) is 5.83. The van der Waals surface area contributed by atoms with E-state index in [9.17, 15) is 0 Å². The monoisotopic (exact) mass is 334 g/mol. The molecular weight excluding hydrogens is 324 g/mol. The fourth-order valence-corrected chi connectivity index (χ4v) is 2.23. The van der Waals surface area contributed by atoms with Crippen LogP contribution in [0.3, 0.4) is 0 Å². The van der Waals surface area contributed by atoms with Gasteiger partial charge in [0.15, 0.2) is 0 Å². The van der Waals surface area contributed by atoms with Gasteiger partial charge in [-0.2, -0.15) is 5.26 Å². The Morgan fingerprint density at radius 3 is 2.42 bits per heavy atom. The highest BCUT2D eigenvalue weighted by atomic mass is 79.9. The van der Waals surface area contributed by atoms with Crippen LogP contribution in [0.25, 0.3) is 0 Å². The fourth-order valence-electron chi connectivity index (χ4n) is 1.69. The van der Waals surface area contributed by atoms with Gasteiger partial charge >= 0.3 is 0 Å². The van der Waals surface area contributed by atoms with Crippen LogP contribution in [-0.4, -0.2) is 0 Å². The summed E-state index contributed by atoms with van der Waals surface area (Å²) in [4.78, 5) is 0. The molecule has 0 aliphatic rings. The summed E-state index contributed by atoms with van der Waals surface area (Å²) >= 11 is 9.36. The summed E-state index contributed by atoms with van der Waals surface area (Å²) in [6.45, 7) is 0.730. The van der Waals surface area contributed by atoms with Crippen molar-refractivity contribution in [3.8, 4) is 6.07 Å². The minimum absolute atomic E-state index is 0.449. The minimum Gasteiger partial charge on any atom is -0.381 e. The third-order valence-corrected chi connectivity index (χ3v) is 3.93. The third kappa shape index (κ3) is 3.99. The van der Waals surface area contributed by atoms with Crippen molar-refractivity contribution in [2.45, 2.75) is 13.0 Å². The summed E-state index contributed by atoms with van der Waals surface area (Å²) < 4.78 is 0.901. The fraction of sp³-hybridized carbons (Fsp3) is 0.133. The van der Waals surface area contributed by atoms with E-state index in [0.717, 1.165) is 27.8 Å². The Morgan fingerprint density at radius 1 is 1.11 bits per heavy atom. The summed E-state index contributed by atoms with van der Waals surface area (Å²) in [6, 6.07) is 15.9. The van der Waals surface area contributed by atoms with E-state index < -0.39 is 0 Å². The number of nitrogens with one attached hydrogen (secondary N) is 1. The minimum atomic E-state index is 0.449. The Kier molecular flexibility index (Phi) is 4.84. The molecule has 1 N–H and O–H groups in total. The van der Waals surface area contributed by atoms with E-state index in [1.165, 1.54) is 0 Å². The lowest BCUT2D eigenvalue weighted by Gasteiger charge is -2.08. The molecule has 96 valence electrons. The number of halogens is 2. The predicted octanol–water partition coefficient (Wildman–Crippen LogP) is 4.78. The van der Waals surface area contributed by atoms with Crippen LogP contribution < -0.4 is 5.32 Å². The molecular formula is C15H12BrClN2. The molecule has 0 bridgehead atoms. The van der Waals surface area contributed by atoms with E-state index in [0.29, 0.717) is 11.4 Å². The largest absolute Gasteiger partial charge is 0.381 e. The van der Waals surface area contributed by atoms with E-state index in [1.54, 1.807) is 0 Å². The number of rotatable bonds is 4. The van der Waals surface area contributed by atoms with Crippen molar-refractivity contribution in [3.63, 3.8) is 0 Å². The van der Waals surface area contributed by atoms with Crippen molar-refractivity contribution < 1.29 is 0 Å². The molecule has 0 saturated heterocycles. The number of anilines is 1. The molecule has 0 spiro atoms. The van der Waals surface area contributed by atoms with Crippen LogP contribution in [-0.2, 0) is 13.0 Å². The second-order valence-corrected chi connectivity index (χ2v) is 5.40. The normalized spacial score (nSPS) is 9.95. The maximum Gasteiger partial charge on any atom is 0.0669 e. The molecule has 0 aliphatic carbocycles. The molecule has 2 nitrogen and oxygen atoms in total. The first-order chi connectivity index (χ1) is 9.19. The number of benzene rings is 2. The zero-order valence-corrected chi connectivity index (χ0v) is 12.5. The first kappa shape index (κ1) is 13.9. The Morgan fingerprint density at radius 2 is 1.79 bits per heavy atom. The van der Waals surface area contributed by atoms with E-state index in [-0.39, 0.29) is 0 Å². The maximum atomic E-state index is 8.61. The van der Waals surface area contributed by atoms with Gasteiger partial charge in [-0.1, -0.05) is 29.8 Å². The lowest BCUT2D eigenvalue weighted by Crippen LogP contribution is -1.99. The zero-order chi connectivity index (χ0) is 13.7. The third-order valence-electron chi connectivity index (χ3n) is 2.72. The van der Waals surface area contributed by atoms with Crippen LogP contribution in [0, 0.1) is 11.3 Å². The second-order valence-electron chi connectivity index (χ2n) is 4.13. The molecule has 0 atom stereocenters. The number of hydrogen-bond donors (Lipinski definition) is 1. The summed E-state index contributed by atoms with van der Waals surface area (Å²) in [6.07, 6.45) is 0.449. The lowest BCUT2D eigenvalue weighted by molar-refractivity contribution is 1.14. The standard InChI is InChI=1S/C15H12BrClN2/c16-14-9-12(3-6-15(14)17)10-19-13-4-1-11(2-5-13)7-8-18/h1-6,9,19H,7,10H2.